The molecule has 1 aliphatic rings. The average Bonchev–Trinajstić information content (AvgIpc) is 2.70. The third-order valence-corrected chi connectivity index (χ3v) is 4.13. The van der Waals surface area contributed by atoms with E-state index in [1.165, 1.54) is 13.8 Å². The topological polar surface area (TPSA) is 154 Å². The molecule has 0 spiro atoms. The van der Waals surface area contributed by atoms with Gasteiger partial charge in [-0.25, -0.2) is 9.59 Å². The summed E-state index contributed by atoms with van der Waals surface area (Å²) in [4.78, 5) is 23.9. The molecule has 1 aliphatic heterocycles. The highest BCUT2D eigenvalue weighted by molar-refractivity contribution is 6.00. The first-order chi connectivity index (χ1) is 12.2. The van der Waals surface area contributed by atoms with Crippen molar-refractivity contribution in [1.82, 2.24) is 0 Å². The van der Waals surface area contributed by atoms with Gasteiger partial charge in [0, 0.05) is 5.56 Å². The fourth-order valence-corrected chi connectivity index (χ4v) is 2.85. The van der Waals surface area contributed by atoms with E-state index in [-0.39, 0.29) is 33.8 Å². The molecule has 136 valence electrons. The maximum absolute atomic E-state index is 12.5. The number of phenolic OH excluding ortho intramolecular Hbond substituents is 2. The maximum Gasteiger partial charge on any atom is 0.347 e. The summed E-state index contributed by atoms with van der Waals surface area (Å²) in [5.41, 5.74) is -0.956. The molecule has 0 radical (unpaired) electrons. The van der Waals surface area contributed by atoms with Gasteiger partial charge < -0.3 is 35.0 Å². The third kappa shape index (κ3) is 2.29. The van der Waals surface area contributed by atoms with Crippen molar-refractivity contribution in [3.8, 4) is 34.5 Å². The third-order valence-electron chi connectivity index (χ3n) is 4.13. The molecule has 9 nitrogen and oxygen atoms in total. The summed E-state index contributed by atoms with van der Waals surface area (Å²) in [7, 11) is 0. The van der Waals surface area contributed by atoms with Crippen molar-refractivity contribution in [2.24, 2.45) is 0 Å². The minimum absolute atomic E-state index is 0.107. The molecular formula is C17H14O9. The summed E-state index contributed by atoms with van der Waals surface area (Å²) >= 11 is 0. The van der Waals surface area contributed by atoms with Crippen LogP contribution < -0.4 is 9.47 Å². The van der Waals surface area contributed by atoms with E-state index in [1.807, 2.05) is 0 Å². The fraction of sp³-hybridized carbons (Fsp3) is 0.176. The molecule has 9 heteroatoms. The molecule has 0 saturated heterocycles. The van der Waals surface area contributed by atoms with Crippen LogP contribution in [0.25, 0.3) is 0 Å². The number of aryl methyl sites for hydroxylation is 1. The Morgan fingerprint density at radius 1 is 1.04 bits per heavy atom. The Bertz CT molecular complexity index is 975. The number of aromatic carboxylic acids is 1. The summed E-state index contributed by atoms with van der Waals surface area (Å²) in [6, 6.07) is 1.13. The second-order valence-electron chi connectivity index (χ2n) is 5.71. The predicted molar refractivity (Wildman–Crippen MR) is 85.3 cm³/mol. The van der Waals surface area contributed by atoms with Crippen LogP contribution in [0.5, 0.6) is 34.5 Å². The lowest BCUT2D eigenvalue weighted by Crippen LogP contribution is -2.11. The van der Waals surface area contributed by atoms with E-state index in [2.05, 4.69) is 0 Å². The molecule has 3 rings (SSSR count). The lowest BCUT2D eigenvalue weighted by Gasteiger charge is -2.17. The Balaban J connectivity index is 2.40. The summed E-state index contributed by atoms with van der Waals surface area (Å²) < 4.78 is 10.8. The van der Waals surface area contributed by atoms with Gasteiger partial charge in [0.2, 0.25) is 5.75 Å². The highest BCUT2D eigenvalue weighted by Gasteiger charge is 2.35. The van der Waals surface area contributed by atoms with E-state index < -0.39 is 47.1 Å². The van der Waals surface area contributed by atoms with Crippen LogP contribution in [0.15, 0.2) is 6.07 Å². The van der Waals surface area contributed by atoms with Crippen molar-refractivity contribution in [3.63, 3.8) is 0 Å². The number of aromatic hydroxyl groups is 3. The molecule has 0 atom stereocenters. The zero-order valence-corrected chi connectivity index (χ0v) is 13.7. The number of carboxylic acids is 1. The quantitative estimate of drug-likeness (QED) is 0.306. The van der Waals surface area contributed by atoms with E-state index in [0.717, 1.165) is 6.07 Å². The van der Waals surface area contributed by atoms with Crippen molar-refractivity contribution in [1.29, 1.82) is 0 Å². The van der Waals surface area contributed by atoms with Crippen molar-refractivity contribution in [3.05, 3.63) is 33.9 Å². The number of carbonyl (C=O) groups excluding carboxylic acids is 1. The van der Waals surface area contributed by atoms with Gasteiger partial charge in [-0.3, -0.25) is 0 Å². The number of hydrogen-bond acceptors (Lipinski definition) is 8. The highest BCUT2D eigenvalue weighted by Crippen LogP contribution is 2.51. The van der Waals surface area contributed by atoms with Crippen LogP contribution in [0.1, 0.15) is 37.4 Å². The Morgan fingerprint density at radius 2 is 1.69 bits per heavy atom. The van der Waals surface area contributed by atoms with Crippen LogP contribution in [0.2, 0.25) is 0 Å². The van der Waals surface area contributed by atoms with Gasteiger partial charge in [-0.1, -0.05) is 0 Å². The van der Waals surface area contributed by atoms with Gasteiger partial charge in [0.15, 0.2) is 23.0 Å². The van der Waals surface area contributed by atoms with Gasteiger partial charge in [0.1, 0.15) is 16.9 Å². The van der Waals surface area contributed by atoms with Crippen molar-refractivity contribution in [2.45, 2.75) is 20.5 Å². The van der Waals surface area contributed by atoms with E-state index in [0.29, 0.717) is 0 Å². The molecular weight excluding hydrogens is 348 g/mol. The maximum atomic E-state index is 12.5. The SMILES string of the molecule is Cc1cc(O)c(O)c2c1C(=O)Oc1c(C)c(C(=O)O)c(O)c(CO)c1O2. The molecule has 0 unspecified atom stereocenters. The predicted octanol–water partition coefficient (Wildman–Crippen LogP) is 1.94. The number of aliphatic hydroxyl groups is 1. The van der Waals surface area contributed by atoms with Crippen molar-refractivity contribution < 1.29 is 44.6 Å². The number of ether oxygens (including phenoxy) is 2. The Kier molecular flexibility index (Phi) is 3.88. The van der Waals surface area contributed by atoms with Gasteiger partial charge in [0.05, 0.1) is 12.2 Å². The van der Waals surface area contributed by atoms with Gasteiger partial charge in [-0.05, 0) is 25.5 Å². The number of carboxylic acid groups (broad SMARTS) is 1. The van der Waals surface area contributed by atoms with Crippen molar-refractivity contribution in [2.75, 3.05) is 0 Å². The first-order valence-corrected chi connectivity index (χ1v) is 7.37. The Labute approximate surface area is 146 Å². The van der Waals surface area contributed by atoms with Crippen LogP contribution in [0.3, 0.4) is 0 Å². The summed E-state index contributed by atoms with van der Waals surface area (Å²) in [6.07, 6.45) is 0. The number of phenols is 3. The zero-order valence-electron chi connectivity index (χ0n) is 13.7. The largest absolute Gasteiger partial charge is 0.507 e. The number of benzene rings is 2. The van der Waals surface area contributed by atoms with E-state index in [4.69, 9.17) is 9.47 Å². The molecule has 2 aromatic carbocycles. The smallest absolute Gasteiger partial charge is 0.347 e. The van der Waals surface area contributed by atoms with E-state index >= 15 is 0 Å². The first kappa shape index (κ1) is 17.4. The summed E-state index contributed by atoms with van der Waals surface area (Å²) in [5, 5.41) is 48.9. The Hall–Kier alpha value is -3.46. The fourth-order valence-electron chi connectivity index (χ4n) is 2.85. The minimum atomic E-state index is -1.49. The van der Waals surface area contributed by atoms with Crippen LogP contribution >= 0.6 is 0 Å². The van der Waals surface area contributed by atoms with Crippen LogP contribution in [0, 0.1) is 13.8 Å². The lowest BCUT2D eigenvalue weighted by atomic mass is 10.0. The molecule has 0 bridgehead atoms. The first-order valence-electron chi connectivity index (χ1n) is 7.37. The summed E-state index contributed by atoms with van der Waals surface area (Å²) in [6.45, 7) is 1.93. The van der Waals surface area contributed by atoms with Crippen LogP contribution in [-0.4, -0.2) is 37.5 Å². The van der Waals surface area contributed by atoms with Gasteiger partial charge >= 0.3 is 11.9 Å². The second kappa shape index (κ2) is 5.81. The molecule has 26 heavy (non-hydrogen) atoms. The second-order valence-corrected chi connectivity index (χ2v) is 5.71. The van der Waals surface area contributed by atoms with Gasteiger partial charge in [-0.15, -0.1) is 0 Å². The average molecular weight is 362 g/mol. The highest BCUT2D eigenvalue weighted by atomic mass is 16.6. The number of carbonyl (C=O) groups is 2. The molecule has 0 saturated carbocycles. The number of fused-ring (bicyclic) bond motifs is 2. The van der Waals surface area contributed by atoms with E-state index in [9.17, 15) is 35.1 Å². The molecule has 0 amide bonds. The molecule has 0 fully saturated rings. The lowest BCUT2D eigenvalue weighted by molar-refractivity contribution is 0.0682. The van der Waals surface area contributed by atoms with Gasteiger partial charge in [0.25, 0.3) is 0 Å². The van der Waals surface area contributed by atoms with Crippen LogP contribution in [-0.2, 0) is 6.61 Å². The molecule has 0 aromatic heterocycles. The standard InChI is InChI=1S/C17H14O9/c1-5-3-8(19)12(21)15-9(5)17(24)26-13-6(2)10(16(22)23)11(20)7(4-18)14(13)25-15/h3,18-21H,4H2,1-2H3,(H,22,23). The number of hydrogen-bond donors (Lipinski definition) is 5. The minimum Gasteiger partial charge on any atom is -0.507 e. The number of esters is 1. The molecule has 5 N–H and O–H groups in total. The van der Waals surface area contributed by atoms with Crippen LogP contribution in [0.4, 0.5) is 0 Å². The summed E-state index contributed by atoms with van der Waals surface area (Å²) in [5.74, 6) is -5.57. The molecule has 1 heterocycles. The number of aliphatic hydroxyl groups excluding tert-OH is 1. The Morgan fingerprint density at radius 3 is 2.27 bits per heavy atom. The van der Waals surface area contributed by atoms with Crippen molar-refractivity contribution >= 4 is 11.9 Å². The van der Waals surface area contributed by atoms with E-state index in [1.54, 1.807) is 0 Å². The zero-order chi connectivity index (χ0) is 19.3. The molecule has 2 aromatic rings. The monoisotopic (exact) mass is 362 g/mol. The number of rotatable bonds is 2. The molecule has 0 aliphatic carbocycles. The normalized spacial score (nSPS) is 12.5. The van der Waals surface area contributed by atoms with Gasteiger partial charge in [-0.2, -0.15) is 0 Å².